The van der Waals surface area contributed by atoms with Gasteiger partial charge in [-0.05, 0) is 73.7 Å². The van der Waals surface area contributed by atoms with Crippen LogP contribution >= 0.6 is 0 Å². The Morgan fingerprint density at radius 1 is 0.912 bits per heavy atom. The third kappa shape index (κ3) is 4.64. The highest BCUT2D eigenvalue weighted by Crippen LogP contribution is 2.36. The first-order chi connectivity index (χ1) is 16.6. The molecule has 6 heteroatoms. The van der Waals surface area contributed by atoms with E-state index in [-0.39, 0.29) is 5.56 Å². The van der Waals surface area contributed by atoms with Crippen LogP contribution in [0.2, 0.25) is 0 Å². The molecule has 3 aromatic rings. The molecule has 0 radical (unpaired) electrons. The summed E-state index contributed by atoms with van der Waals surface area (Å²) in [5, 5.41) is 9.48. The predicted octanol–water partition coefficient (Wildman–Crippen LogP) is 4.54. The molecule has 1 N–H and O–H groups in total. The first-order valence-electron chi connectivity index (χ1n) is 12.2. The number of hydrogen-bond donors (Lipinski definition) is 1. The second-order valence-electron chi connectivity index (χ2n) is 9.27. The number of hydrogen-bond acceptors (Lipinski definition) is 5. The number of pyridine rings is 1. The number of fused-ring (bicyclic) bond motifs is 2. The van der Waals surface area contributed by atoms with E-state index in [1.165, 1.54) is 28.1 Å². The zero-order chi connectivity index (χ0) is 23.5. The van der Waals surface area contributed by atoms with Gasteiger partial charge in [0.05, 0.1) is 0 Å². The number of anilines is 3. The number of carbonyl (C=O) groups is 1. The molecule has 3 heterocycles. The second-order valence-corrected chi connectivity index (χ2v) is 9.27. The summed E-state index contributed by atoms with van der Waals surface area (Å²) in [4.78, 5) is 23.0. The lowest BCUT2D eigenvalue weighted by Gasteiger charge is -2.36. The van der Waals surface area contributed by atoms with E-state index in [9.17, 15) is 9.90 Å². The lowest BCUT2D eigenvalue weighted by Crippen LogP contribution is -2.47. The summed E-state index contributed by atoms with van der Waals surface area (Å²) in [6.07, 6.45) is 4.91. The summed E-state index contributed by atoms with van der Waals surface area (Å²) in [6.45, 7) is 7.62. The topological polar surface area (TPSA) is 59.9 Å². The van der Waals surface area contributed by atoms with Crippen LogP contribution in [0.4, 0.5) is 17.2 Å². The van der Waals surface area contributed by atoms with Gasteiger partial charge >= 0.3 is 5.97 Å². The number of aryl methyl sites for hydroxylation is 3. The molecule has 176 valence electrons. The number of piperazine rings is 1. The molecule has 5 rings (SSSR count). The average Bonchev–Trinajstić information content (AvgIpc) is 3.01. The highest BCUT2D eigenvalue weighted by atomic mass is 16.4. The number of nitrogens with zero attached hydrogens (tertiary/aromatic N) is 4. The van der Waals surface area contributed by atoms with Crippen molar-refractivity contribution in [2.75, 3.05) is 49.1 Å². The van der Waals surface area contributed by atoms with E-state index in [2.05, 4.69) is 69.1 Å². The second kappa shape index (κ2) is 9.85. The molecule has 2 aliphatic heterocycles. The van der Waals surface area contributed by atoms with Crippen LogP contribution in [0, 0.1) is 6.92 Å². The molecule has 2 aliphatic rings. The number of aromatic nitrogens is 1. The maximum Gasteiger partial charge on any atom is 0.339 e. The Morgan fingerprint density at radius 3 is 2.47 bits per heavy atom. The molecule has 0 bridgehead atoms. The van der Waals surface area contributed by atoms with Crippen LogP contribution in [0.5, 0.6) is 0 Å². The number of carboxylic acid groups (broad SMARTS) is 1. The van der Waals surface area contributed by atoms with Crippen LogP contribution in [-0.4, -0.2) is 60.2 Å². The van der Waals surface area contributed by atoms with E-state index < -0.39 is 5.97 Å². The number of carboxylic acids is 1. The predicted molar refractivity (Wildman–Crippen MR) is 137 cm³/mol. The third-order valence-electron chi connectivity index (χ3n) is 7.02. The molecule has 1 saturated heterocycles. The molecule has 0 spiro atoms. The summed E-state index contributed by atoms with van der Waals surface area (Å²) >= 11 is 0. The number of para-hydroxylation sites is 1. The van der Waals surface area contributed by atoms with Gasteiger partial charge in [-0.3, -0.25) is 4.90 Å². The summed E-state index contributed by atoms with van der Waals surface area (Å²) < 4.78 is 0. The van der Waals surface area contributed by atoms with Crippen LogP contribution in [0.3, 0.4) is 0 Å². The molecule has 0 amide bonds. The Bertz CT molecular complexity index is 1170. The molecular formula is C28H32N4O2. The zero-order valence-corrected chi connectivity index (χ0v) is 19.8. The average molecular weight is 457 g/mol. The van der Waals surface area contributed by atoms with Crippen LogP contribution < -0.4 is 9.80 Å². The fraction of sp³-hybridized carbons (Fsp3) is 0.357. The summed E-state index contributed by atoms with van der Waals surface area (Å²) in [6, 6.07) is 19.0. The van der Waals surface area contributed by atoms with Crippen molar-refractivity contribution in [1.82, 2.24) is 9.88 Å². The maximum absolute atomic E-state index is 11.6. The van der Waals surface area contributed by atoms with Crippen molar-refractivity contribution in [3.05, 3.63) is 83.0 Å². The first kappa shape index (κ1) is 22.4. The van der Waals surface area contributed by atoms with Gasteiger partial charge in [0.2, 0.25) is 0 Å². The molecule has 1 fully saturated rings. The van der Waals surface area contributed by atoms with Crippen molar-refractivity contribution >= 4 is 23.2 Å². The SMILES string of the molecule is Cc1ccc2c(c1)N(CCCN1CCN(c3ncccc3C(=O)O)CC1)c1ccccc1CC2. The maximum atomic E-state index is 11.6. The van der Waals surface area contributed by atoms with Crippen molar-refractivity contribution in [2.24, 2.45) is 0 Å². The Balaban J connectivity index is 1.23. The fourth-order valence-electron chi connectivity index (χ4n) is 5.21. The van der Waals surface area contributed by atoms with Crippen LogP contribution in [-0.2, 0) is 12.8 Å². The highest BCUT2D eigenvalue weighted by Gasteiger charge is 2.24. The van der Waals surface area contributed by atoms with Crippen molar-refractivity contribution in [3.8, 4) is 0 Å². The van der Waals surface area contributed by atoms with Crippen molar-refractivity contribution in [2.45, 2.75) is 26.2 Å². The molecule has 0 atom stereocenters. The highest BCUT2D eigenvalue weighted by molar-refractivity contribution is 5.93. The molecule has 2 aromatic carbocycles. The standard InChI is InChI=1S/C28H32N4O2/c1-21-9-10-23-12-11-22-6-2-3-8-25(22)32(26(23)20-21)15-5-14-30-16-18-31(19-17-30)27-24(28(33)34)7-4-13-29-27/h2-4,6-10,13,20H,5,11-12,14-19H2,1H3,(H,33,34). The number of benzene rings is 2. The normalized spacial score (nSPS) is 16.0. The molecular weight excluding hydrogens is 424 g/mol. The van der Waals surface area contributed by atoms with Gasteiger partial charge in [-0.15, -0.1) is 0 Å². The Kier molecular flexibility index (Phi) is 6.50. The summed E-state index contributed by atoms with van der Waals surface area (Å²) in [7, 11) is 0. The van der Waals surface area contributed by atoms with Gasteiger partial charge in [0, 0.05) is 50.3 Å². The minimum absolute atomic E-state index is 0.282. The van der Waals surface area contributed by atoms with Gasteiger partial charge in [-0.2, -0.15) is 0 Å². The lowest BCUT2D eigenvalue weighted by molar-refractivity contribution is 0.0697. The smallest absolute Gasteiger partial charge is 0.339 e. The van der Waals surface area contributed by atoms with E-state index in [1.807, 2.05) is 0 Å². The summed E-state index contributed by atoms with van der Waals surface area (Å²) in [5.74, 6) is -0.332. The van der Waals surface area contributed by atoms with Crippen molar-refractivity contribution in [3.63, 3.8) is 0 Å². The molecule has 34 heavy (non-hydrogen) atoms. The van der Waals surface area contributed by atoms with Gasteiger partial charge in [-0.1, -0.05) is 30.3 Å². The Labute approximate surface area is 201 Å². The summed E-state index contributed by atoms with van der Waals surface area (Å²) in [5.41, 5.74) is 7.13. The third-order valence-corrected chi connectivity index (χ3v) is 7.02. The zero-order valence-electron chi connectivity index (χ0n) is 19.8. The van der Waals surface area contributed by atoms with E-state index in [0.717, 1.165) is 58.5 Å². The van der Waals surface area contributed by atoms with E-state index in [0.29, 0.717) is 5.82 Å². The van der Waals surface area contributed by atoms with Gasteiger partial charge in [-0.25, -0.2) is 9.78 Å². The van der Waals surface area contributed by atoms with Crippen LogP contribution in [0.15, 0.2) is 60.8 Å². The number of rotatable bonds is 6. The largest absolute Gasteiger partial charge is 0.478 e. The first-order valence-corrected chi connectivity index (χ1v) is 12.2. The van der Waals surface area contributed by atoms with E-state index in [4.69, 9.17) is 0 Å². The molecule has 0 saturated carbocycles. The van der Waals surface area contributed by atoms with Crippen molar-refractivity contribution < 1.29 is 9.90 Å². The minimum Gasteiger partial charge on any atom is -0.478 e. The van der Waals surface area contributed by atoms with Crippen molar-refractivity contribution in [1.29, 1.82) is 0 Å². The van der Waals surface area contributed by atoms with Gasteiger partial charge in [0.1, 0.15) is 11.4 Å². The molecule has 1 aromatic heterocycles. The molecule has 0 unspecified atom stereocenters. The van der Waals surface area contributed by atoms with Crippen LogP contribution in [0.1, 0.15) is 33.5 Å². The molecule has 6 nitrogen and oxygen atoms in total. The minimum atomic E-state index is -0.918. The number of aromatic carboxylic acids is 1. The van der Waals surface area contributed by atoms with Gasteiger partial charge < -0.3 is 14.9 Å². The van der Waals surface area contributed by atoms with E-state index >= 15 is 0 Å². The van der Waals surface area contributed by atoms with Crippen LogP contribution in [0.25, 0.3) is 0 Å². The quantitative estimate of drug-likeness (QED) is 0.588. The van der Waals surface area contributed by atoms with Gasteiger partial charge in [0.25, 0.3) is 0 Å². The fourth-order valence-corrected chi connectivity index (χ4v) is 5.21. The molecule has 0 aliphatic carbocycles. The monoisotopic (exact) mass is 456 g/mol. The Morgan fingerprint density at radius 2 is 1.68 bits per heavy atom. The lowest BCUT2D eigenvalue weighted by atomic mass is 10.0. The van der Waals surface area contributed by atoms with E-state index in [1.54, 1.807) is 18.3 Å². The van der Waals surface area contributed by atoms with Gasteiger partial charge in [0.15, 0.2) is 0 Å². The Hall–Kier alpha value is -3.38.